The van der Waals surface area contributed by atoms with Gasteiger partial charge < -0.3 is 14.0 Å². The van der Waals surface area contributed by atoms with Crippen molar-refractivity contribution in [1.29, 1.82) is 0 Å². The van der Waals surface area contributed by atoms with Crippen LogP contribution in [0.5, 0.6) is 5.75 Å². The third kappa shape index (κ3) is 2.54. The van der Waals surface area contributed by atoms with Crippen LogP contribution in [0.4, 0.5) is 8.78 Å². The topological polar surface area (TPSA) is 27.7 Å². The van der Waals surface area contributed by atoms with E-state index in [0.717, 1.165) is 6.07 Å². The second-order valence-electron chi connectivity index (χ2n) is 6.54. The largest absolute Gasteiger partial charge is 0.501 e. The van der Waals surface area contributed by atoms with Crippen molar-refractivity contribution in [2.24, 2.45) is 0 Å². The highest BCUT2D eigenvalue weighted by Gasteiger charge is 2.53. The molecule has 0 bridgehead atoms. The van der Waals surface area contributed by atoms with E-state index in [4.69, 9.17) is 14.0 Å². The Bertz CT molecular complexity index is 610. The molecule has 6 heteroatoms. The van der Waals surface area contributed by atoms with Gasteiger partial charge in [-0.2, -0.15) is 0 Å². The lowest BCUT2D eigenvalue weighted by Crippen LogP contribution is -2.41. The minimum absolute atomic E-state index is 0.0702. The number of allylic oxidation sites excluding steroid dienone is 1. The van der Waals surface area contributed by atoms with Gasteiger partial charge in [-0.15, -0.1) is 0 Å². The Balaban J connectivity index is 2.63. The van der Waals surface area contributed by atoms with Gasteiger partial charge in [-0.1, -0.05) is 6.58 Å². The van der Waals surface area contributed by atoms with E-state index >= 15 is 0 Å². The van der Waals surface area contributed by atoms with Gasteiger partial charge in [0, 0.05) is 5.56 Å². The molecule has 1 aliphatic rings. The number of hydrogen-bond donors (Lipinski definition) is 0. The number of hydrogen-bond acceptors (Lipinski definition) is 3. The standard InChI is InChI=1S/C16H21BF2O3/c1-9(2)10-8-11(18)14(20-7)12(13(10)19)17-21-15(3,4)16(5,6)22-17/h8H,1H2,2-7H3. The molecule has 0 spiro atoms. The molecule has 0 amide bonds. The van der Waals surface area contributed by atoms with Crippen LogP contribution in [0.3, 0.4) is 0 Å². The van der Waals surface area contributed by atoms with Crippen LogP contribution in [-0.4, -0.2) is 25.4 Å². The van der Waals surface area contributed by atoms with Crippen molar-refractivity contribution < 1.29 is 22.8 Å². The Kier molecular flexibility index (Phi) is 4.13. The summed E-state index contributed by atoms with van der Waals surface area (Å²) in [6, 6.07) is 1.07. The second kappa shape index (κ2) is 5.35. The molecule has 0 N–H and O–H groups in total. The summed E-state index contributed by atoms with van der Waals surface area (Å²) in [6.45, 7) is 12.7. The van der Waals surface area contributed by atoms with Crippen molar-refractivity contribution in [3.63, 3.8) is 0 Å². The first-order chi connectivity index (χ1) is 10.0. The molecular weight excluding hydrogens is 289 g/mol. The Hall–Kier alpha value is -1.40. The summed E-state index contributed by atoms with van der Waals surface area (Å²) in [5.74, 6) is -1.52. The lowest BCUT2D eigenvalue weighted by molar-refractivity contribution is 0.00578. The maximum absolute atomic E-state index is 14.8. The molecule has 3 nitrogen and oxygen atoms in total. The monoisotopic (exact) mass is 310 g/mol. The third-order valence-electron chi connectivity index (χ3n) is 4.36. The summed E-state index contributed by atoms with van der Waals surface area (Å²) in [7, 11) is 0.237. The van der Waals surface area contributed by atoms with E-state index < -0.39 is 30.0 Å². The molecule has 1 aliphatic heterocycles. The molecular formula is C16H21BF2O3. The molecule has 1 aromatic rings. The minimum Gasteiger partial charge on any atom is -0.494 e. The van der Waals surface area contributed by atoms with Crippen LogP contribution in [0.15, 0.2) is 12.6 Å². The zero-order valence-electron chi connectivity index (χ0n) is 13.8. The average molecular weight is 310 g/mol. The van der Waals surface area contributed by atoms with Gasteiger partial charge in [0.2, 0.25) is 0 Å². The first kappa shape index (κ1) is 17.0. The van der Waals surface area contributed by atoms with E-state index in [1.54, 1.807) is 6.92 Å². The van der Waals surface area contributed by atoms with Gasteiger partial charge in [-0.05, 0) is 46.3 Å². The van der Waals surface area contributed by atoms with Gasteiger partial charge >= 0.3 is 7.12 Å². The molecule has 1 fully saturated rings. The molecule has 1 saturated heterocycles. The number of benzene rings is 1. The fourth-order valence-electron chi connectivity index (χ4n) is 2.32. The van der Waals surface area contributed by atoms with Gasteiger partial charge in [0.15, 0.2) is 11.6 Å². The second-order valence-corrected chi connectivity index (χ2v) is 6.54. The van der Waals surface area contributed by atoms with E-state index in [2.05, 4.69) is 6.58 Å². The third-order valence-corrected chi connectivity index (χ3v) is 4.36. The molecule has 0 radical (unpaired) electrons. The maximum Gasteiger partial charge on any atom is 0.501 e. The molecule has 1 aromatic carbocycles. The predicted octanol–water partition coefficient (Wildman–Crippen LogP) is 3.31. The quantitative estimate of drug-likeness (QED) is 0.802. The lowest BCUT2D eigenvalue weighted by atomic mass is 9.76. The number of methoxy groups -OCH3 is 1. The summed E-state index contributed by atoms with van der Waals surface area (Å²) in [4.78, 5) is 0. The van der Waals surface area contributed by atoms with Gasteiger partial charge in [-0.25, -0.2) is 8.78 Å². The van der Waals surface area contributed by atoms with E-state index in [0.29, 0.717) is 5.57 Å². The molecule has 0 aromatic heterocycles. The van der Waals surface area contributed by atoms with Gasteiger partial charge in [-0.3, -0.25) is 0 Å². The first-order valence-corrected chi connectivity index (χ1v) is 7.09. The molecule has 1 heterocycles. The fraction of sp³-hybridized carbons (Fsp3) is 0.500. The summed E-state index contributed by atoms with van der Waals surface area (Å²) in [6.07, 6.45) is 0. The van der Waals surface area contributed by atoms with Crippen LogP contribution in [-0.2, 0) is 9.31 Å². The average Bonchev–Trinajstić information content (AvgIpc) is 2.59. The number of halogens is 2. The van der Waals surface area contributed by atoms with E-state index in [1.807, 2.05) is 27.7 Å². The van der Waals surface area contributed by atoms with Crippen LogP contribution >= 0.6 is 0 Å². The fourth-order valence-corrected chi connectivity index (χ4v) is 2.32. The molecule has 0 unspecified atom stereocenters. The summed E-state index contributed by atoms with van der Waals surface area (Å²) in [5, 5.41) is 0. The van der Waals surface area contributed by atoms with Crippen molar-refractivity contribution in [3.05, 3.63) is 29.8 Å². The highest BCUT2D eigenvalue weighted by atomic mass is 19.1. The highest BCUT2D eigenvalue weighted by Crippen LogP contribution is 2.38. The number of ether oxygens (including phenoxy) is 1. The van der Waals surface area contributed by atoms with Crippen molar-refractivity contribution >= 4 is 18.2 Å². The molecule has 0 saturated carbocycles. The zero-order chi connectivity index (χ0) is 16.9. The van der Waals surface area contributed by atoms with Crippen molar-refractivity contribution in [1.82, 2.24) is 0 Å². The minimum atomic E-state index is -1.05. The van der Waals surface area contributed by atoms with Gasteiger partial charge in [0.05, 0.1) is 23.8 Å². The van der Waals surface area contributed by atoms with E-state index in [9.17, 15) is 8.78 Å². The Morgan fingerprint density at radius 2 is 1.68 bits per heavy atom. The van der Waals surface area contributed by atoms with E-state index in [1.165, 1.54) is 7.11 Å². The predicted molar refractivity (Wildman–Crippen MR) is 83.3 cm³/mol. The van der Waals surface area contributed by atoms with Gasteiger partial charge in [0.1, 0.15) is 5.82 Å². The van der Waals surface area contributed by atoms with Crippen LogP contribution in [0.25, 0.3) is 5.57 Å². The van der Waals surface area contributed by atoms with Crippen molar-refractivity contribution in [2.75, 3.05) is 7.11 Å². The maximum atomic E-state index is 14.8. The highest BCUT2D eigenvalue weighted by molar-refractivity contribution is 6.63. The first-order valence-electron chi connectivity index (χ1n) is 7.09. The lowest BCUT2D eigenvalue weighted by Gasteiger charge is -2.32. The zero-order valence-corrected chi connectivity index (χ0v) is 13.8. The van der Waals surface area contributed by atoms with Crippen LogP contribution in [0.2, 0.25) is 0 Å². The van der Waals surface area contributed by atoms with E-state index in [-0.39, 0.29) is 16.8 Å². The summed E-state index contributed by atoms with van der Waals surface area (Å²) in [5.41, 5.74) is -0.894. The molecule has 22 heavy (non-hydrogen) atoms. The van der Waals surface area contributed by atoms with Crippen LogP contribution in [0, 0.1) is 11.6 Å². The van der Waals surface area contributed by atoms with Crippen LogP contribution in [0.1, 0.15) is 40.2 Å². The van der Waals surface area contributed by atoms with Crippen molar-refractivity contribution in [2.45, 2.75) is 45.8 Å². The molecule has 0 atom stereocenters. The molecule has 120 valence electrons. The Labute approximate surface area is 130 Å². The molecule has 0 aliphatic carbocycles. The van der Waals surface area contributed by atoms with Crippen molar-refractivity contribution in [3.8, 4) is 5.75 Å². The smallest absolute Gasteiger partial charge is 0.494 e. The Morgan fingerprint density at radius 1 is 1.18 bits per heavy atom. The summed E-state index contributed by atoms with van der Waals surface area (Å²) < 4.78 is 45.8. The summed E-state index contributed by atoms with van der Waals surface area (Å²) >= 11 is 0. The number of rotatable bonds is 3. The van der Waals surface area contributed by atoms with Gasteiger partial charge in [0.25, 0.3) is 0 Å². The normalized spacial score (nSPS) is 19.4. The molecule has 2 rings (SSSR count). The SMILES string of the molecule is C=C(C)c1cc(F)c(OC)c(B2OC(C)(C)C(C)(C)O2)c1F. The van der Waals surface area contributed by atoms with Crippen LogP contribution < -0.4 is 10.2 Å². The Morgan fingerprint density at radius 3 is 2.09 bits per heavy atom.